The zero-order chi connectivity index (χ0) is 13.1. The van der Waals surface area contributed by atoms with Gasteiger partial charge >= 0.3 is 0 Å². The average molecular weight is 273 g/mol. The number of nitrogens with zero attached hydrogens (tertiary/aromatic N) is 1. The van der Waals surface area contributed by atoms with Gasteiger partial charge in [-0.15, -0.1) is 0 Å². The number of aryl methyl sites for hydroxylation is 1. The molecule has 0 aliphatic rings. The molecule has 0 saturated heterocycles. The van der Waals surface area contributed by atoms with Crippen LogP contribution in [-0.2, 0) is 10.0 Å². The minimum Gasteiger partial charge on any atom is -0.282 e. The van der Waals surface area contributed by atoms with Crippen LogP contribution in [0.5, 0.6) is 0 Å². The highest BCUT2D eigenvalue weighted by Gasteiger charge is 2.23. The highest BCUT2D eigenvalue weighted by atomic mass is 35.5. The molecule has 0 saturated carbocycles. The van der Waals surface area contributed by atoms with Gasteiger partial charge in [0.2, 0.25) is 10.0 Å². The van der Waals surface area contributed by atoms with E-state index in [0.29, 0.717) is 10.7 Å². The molecule has 1 rings (SSSR count). The van der Waals surface area contributed by atoms with Gasteiger partial charge in [0.1, 0.15) is 0 Å². The van der Waals surface area contributed by atoms with Crippen LogP contribution < -0.4 is 4.72 Å². The Bertz CT molecular complexity index is 549. The summed E-state index contributed by atoms with van der Waals surface area (Å²) in [7, 11) is -3.67. The van der Waals surface area contributed by atoms with Gasteiger partial charge in [0.15, 0.2) is 5.25 Å². The van der Waals surface area contributed by atoms with Gasteiger partial charge in [-0.05, 0) is 31.0 Å². The molecule has 0 radical (unpaired) electrons. The van der Waals surface area contributed by atoms with Crippen molar-refractivity contribution in [3.8, 4) is 6.07 Å². The van der Waals surface area contributed by atoms with E-state index < -0.39 is 15.3 Å². The molecule has 1 N–H and O–H groups in total. The number of nitriles is 1. The molecule has 0 aliphatic heterocycles. The molecule has 0 aliphatic carbocycles. The van der Waals surface area contributed by atoms with Crippen LogP contribution in [0.2, 0.25) is 5.02 Å². The van der Waals surface area contributed by atoms with Crippen LogP contribution in [0.3, 0.4) is 0 Å². The fraction of sp³-hybridized carbons (Fsp3) is 0.364. The lowest BCUT2D eigenvalue weighted by Gasteiger charge is -2.11. The molecule has 0 aromatic heterocycles. The van der Waals surface area contributed by atoms with Crippen molar-refractivity contribution < 1.29 is 8.42 Å². The summed E-state index contributed by atoms with van der Waals surface area (Å²) in [5.41, 5.74) is 1.23. The van der Waals surface area contributed by atoms with Crippen LogP contribution in [0, 0.1) is 18.3 Å². The molecule has 1 aromatic rings. The van der Waals surface area contributed by atoms with Crippen molar-refractivity contribution in [1.82, 2.24) is 0 Å². The van der Waals surface area contributed by atoms with Crippen molar-refractivity contribution >= 4 is 27.3 Å². The second kappa shape index (κ2) is 5.39. The quantitative estimate of drug-likeness (QED) is 0.916. The molecule has 0 heterocycles. The van der Waals surface area contributed by atoms with Crippen LogP contribution in [-0.4, -0.2) is 13.7 Å². The van der Waals surface area contributed by atoms with Gasteiger partial charge in [0, 0.05) is 5.02 Å². The van der Waals surface area contributed by atoms with E-state index in [9.17, 15) is 8.42 Å². The van der Waals surface area contributed by atoms with Crippen LogP contribution in [0.15, 0.2) is 18.2 Å². The number of halogens is 1. The lowest BCUT2D eigenvalue weighted by molar-refractivity contribution is 0.593. The molecular weight excluding hydrogens is 260 g/mol. The Balaban J connectivity index is 2.99. The topological polar surface area (TPSA) is 70.0 Å². The highest BCUT2D eigenvalue weighted by Crippen LogP contribution is 2.21. The van der Waals surface area contributed by atoms with Gasteiger partial charge in [-0.2, -0.15) is 5.26 Å². The number of benzene rings is 1. The highest BCUT2D eigenvalue weighted by molar-refractivity contribution is 7.93. The number of rotatable bonds is 4. The van der Waals surface area contributed by atoms with Crippen LogP contribution in [0.1, 0.15) is 18.9 Å². The van der Waals surface area contributed by atoms with E-state index >= 15 is 0 Å². The number of hydrogen-bond donors (Lipinski definition) is 1. The van der Waals surface area contributed by atoms with E-state index in [0.717, 1.165) is 5.56 Å². The lowest BCUT2D eigenvalue weighted by atomic mass is 10.2. The van der Waals surface area contributed by atoms with Crippen molar-refractivity contribution in [3.05, 3.63) is 28.8 Å². The summed E-state index contributed by atoms with van der Waals surface area (Å²) < 4.78 is 25.9. The van der Waals surface area contributed by atoms with Gasteiger partial charge in [0.25, 0.3) is 0 Å². The Labute approximate surface area is 106 Å². The zero-order valence-electron chi connectivity index (χ0n) is 9.57. The zero-order valence-corrected chi connectivity index (χ0v) is 11.1. The number of nitrogens with one attached hydrogen (secondary N) is 1. The standard InChI is InChI=1S/C11H13ClN2O2S/c1-3-10(7-13)17(15,16)14-9-5-4-8(2)11(12)6-9/h4-6,10,14H,3H2,1-2H3. The normalized spacial score (nSPS) is 12.8. The Kier molecular flexibility index (Phi) is 4.38. The Hall–Kier alpha value is -1.25. The first-order valence-corrected chi connectivity index (χ1v) is 7.00. The molecule has 92 valence electrons. The largest absolute Gasteiger partial charge is 0.282 e. The predicted molar refractivity (Wildman–Crippen MR) is 68.4 cm³/mol. The fourth-order valence-electron chi connectivity index (χ4n) is 1.27. The monoisotopic (exact) mass is 272 g/mol. The van der Waals surface area contributed by atoms with Gasteiger partial charge in [-0.1, -0.05) is 24.6 Å². The summed E-state index contributed by atoms with van der Waals surface area (Å²) in [6.45, 7) is 3.47. The predicted octanol–water partition coefficient (Wildman–Crippen LogP) is 2.69. The second-order valence-corrected chi connectivity index (χ2v) is 5.91. The van der Waals surface area contributed by atoms with Crippen LogP contribution in [0.25, 0.3) is 0 Å². The maximum Gasteiger partial charge on any atom is 0.249 e. The SMILES string of the molecule is CCC(C#N)S(=O)(=O)Nc1ccc(C)c(Cl)c1. The molecule has 0 spiro atoms. The van der Waals surface area contributed by atoms with Gasteiger partial charge in [-0.25, -0.2) is 8.42 Å². The summed E-state index contributed by atoms with van der Waals surface area (Å²) in [5, 5.41) is 8.17. The number of anilines is 1. The Morgan fingerprint density at radius 1 is 1.53 bits per heavy atom. The van der Waals surface area contributed by atoms with Crippen molar-refractivity contribution in [2.75, 3.05) is 4.72 Å². The van der Waals surface area contributed by atoms with E-state index in [1.54, 1.807) is 25.1 Å². The van der Waals surface area contributed by atoms with Gasteiger partial charge in [-0.3, -0.25) is 4.72 Å². The minimum absolute atomic E-state index is 0.241. The van der Waals surface area contributed by atoms with E-state index in [4.69, 9.17) is 16.9 Å². The summed E-state index contributed by atoms with van der Waals surface area (Å²) >= 11 is 5.89. The van der Waals surface area contributed by atoms with Crippen molar-refractivity contribution in [1.29, 1.82) is 5.26 Å². The maximum absolute atomic E-state index is 11.8. The summed E-state index contributed by atoms with van der Waals surface area (Å²) in [4.78, 5) is 0. The van der Waals surface area contributed by atoms with Crippen molar-refractivity contribution in [3.63, 3.8) is 0 Å². The fourth-order valence-corrected chi connectivity index (χ4v) is 2.63. The summed E-state index contributed by atoms with van der Waals surface area (Å²) in [6, 6.07) is 6.61. The third kappa shape index (κ3) is 3.35. The van der Waals surface area contributed by atoms with Gasteiger partial charge < -0.3 is 0 Å². The molecule has 6 heteroatoms. The maximum atomic E-state index is 11.8. The molecule has 0 bridgehead atoms. The molecule has 0 amide bonds. The van der Waals surface area contributed by atoms with Gasteiger partial charge in [0.05, 0.1) is 11.8 Å². The van der Waals surface area contributed by atoms with Crippen LogP contribution >= 0.6 is 11.6 Å². The first kappa shape index (κ1) is 13.8. The average Bonchev–Trinajstić information content (AvgIpc) is 2.24. The smallest absolute Gasteiger partial charge is 0.249 e. The molecular formula is C11H13ClN2O2S. The third-order valence-electron chi connectivity index (χ3n) is 2.32. The number of hydrogen-bond acceptors (Lipinski definition) is 3. The van der Waals surface area contributed by atoms with E-state index in [1.807, 2.05) is 6.92 Å². The van der Waals surface area contributed by atoms with Crippen molar-refractivity contribution in [2.24, 2.45) is 0 Å². The molecule has 4 nitrogen and oxygen atoms in total. The van der Waals surface area contributed by atoms with Crippen LogP contribution in [0.4, 0.5) is 5.69 Å². The van der Waals surface area contributed by atoms with E-state index in [1.165, 1.54) is 6.07 Å². The molecule has 17 heavy (non-hydrogen) atoms. The Morgan fingerprint density at radius 3 is 2.65 bits per heavy atom. The lowest BCUT2D eigenvalue weighted by Crippen LogP contribution is -2.25. The molecule has 1 unspecified atom stereocenters. The van der Waals surface area contributed by atoms with Crippen molar-refractivity contribution in [2.45, 2.75) is 25.5 Å². The first-order valence-electron chi connectivity index (χ1n) is 5.08. The summed E-state index contributed by atoms with van der Waals surface area (Å²) in [6.07, 6.45) is 0.241. The number of sulfonamides is 1. The molecule has 0 fully saturated rings. The second-order valence-electron chi connectivity index (χ2n) is 3.64. The third-order valence-corrected chi connectivity index (χ3v) is 4.44. The first-order chi connectivity index (χ1) is 7.90. The molecule has 1 atom stereocenters. The summed E-state index contributed by atoms with van der Waals surface area (Å²) in [5.74, 6) is 0. The van der Waals surface area contributed by atoms with E-state index in [-0.39, 0.29) is 6.42 Å². The van der Waals surface area contributed by atoms with E-state index in [2.05, 4.69) is 4.72 Å². The molecule has 1 aromatic carbocycles. The minimum atomic E-state index is -3.67. The Morgan fingerprint density at radius 2 is 2.18 bits per heavy atom.